The van der Waals surface area contributed by atoms with Crippen molar-refractivity contribution in [2.75, 3.05) is 18.5 Å². The Kier molecular flexibility index (Phi) is 5.08. The normalized spacial score (nSPS) is 18.9. The Hall–Kier alpha value is -2.08. The van der Waals surface area contributed by atoms with Gasteiger partial charge in [0, 0.05) is 34.4 Å². The number of anilines is 1. The second-order valence-corrected chi connectivity index (χ2v) is 7.48. The van der Waals surface area contributed by atoms with Crippen molar-refractivity contribution in [3.63, 3.8) is 0 Å². The van der Waals surface area contributed by atoms with Crippen LogP contribution in [0.5, 0.6) is 0 Å². The molecule has 2 aromatic carbocycles. The van der Waals surface area contributed by atoms with E-state index in [4.69, 9.17) is 27.9 Å². The van der Waals surface area contributed by atoms with E-state index in [0.29, 0.717) is 40.9 Å². The average molecular weight is 405 g/mol. The maximum Gasteiger partial charge on any atom is 0.261 e. The van der Waals surface area contributed by atoms with Crippen molar-refractivity contribution in [1.82, 2.24) is 4.90 Å². The van der Waals surface area contributed by atoms with Gasteiger partial charge in [-0.05, 0) is 43.2 Å². The zero-order valence-electron chi connectivity index (χ0n) is 14.5. The molecule has 0 aromatic heterocycles. The van der Waals surface area contributed by atoms with Gasteiger partial charge in [0.2, 0.25) is 0 Å². The van der Waals surface area contributed by atoms with Gasteiger partial charge in [-0.15, -0.1) is 0 Å². The Morgan fingerprint density at radius 2 is 1.81 bits per heavy atom. The summed E-state index contributed by atoms with van der Waals surface area (Å²) in [6.07, 6.45) is 1.78. The maximum absolute atomic E-state index is 12.7. The van der Waals surface area contributed by atoms with Gasteiger partial charge in [0.1, 0.15) is 0 Å². The molecule has 2 aliphatic rings. The van der Waals surface area contributed by atoms with E-state index in [1.807, 2.05) is 0 Å². The van der Waals surface area contributed by atoms with Crippen LogP contribution in [-0.4, -0.2) is 36.0 Å². The number of rotatable bonds is 5. The van der Waals surface area contributed by atoms with Crippen molar-refractivity contribution < 1.29 is 14.3 Å². The SMILES string of the molecule is O=C1c2ccc(NCc3c(Cl)cccc3Cl)cc2C(=O)N1CC1CCCO1. The second-order valence-electron chi connectivity index (χ2n) is 6.67. The number of benzene rings is 2. The number of amides is 2. The fraction of sp³-hybridized carbons (Fsp3) is 0.300. The zero-order valence-corrected chi connectivity index (χ0v) is 16.0. The van der Waals surface area contributed by atoms with E-state index in [1.54, 1.807) is 36.4 Å². The molecule has 0 spiro atoms. The molecule has 0 radical (unpaired) electrons. The number of ether oxygens (including phenoxy) is 1. The van der Waals surface area contributed by atoms with Gasteiger partial charge in [0.15, 0.2) is 0 Å². The molecule has 0 aliphatic carbocycles. The van der Waals surface area contributed by atoms with Gasteiger partial charge in [-0.3, -0.25) is 14.5 Å². The molecule has 0 bridgehead atoms. The minimum atomic E-state index is -0.273. The predicted molar refractivity (Wildman–Crippen MR) is 105 cm³/mol. The first kappa shape index (κ1) is 18.3. The molecule has 2 aliphatic heterocycles. The molecular formula is C20H18Cl2N2O3. The molecule has 1 saturated heterocycles. The minimum Gasteiger partial charge on any atom is -0.381 e. The molecule has 1 unspecified atom stereocenters. The quantitative estimate of drug-likeness (QED) is 0.751. The van der Waals surface area contributed by atoms with Gasteiger partial charge >= 0.3 is 0 Å². The van der Waals surface area contributed by atoms with Crippen LogP contribution in [0.1, 0.15) is 39.1 Å². The summed E-state index contributed by atoms with van der Waals surface area (Å²) in [4.78, 5) is 26.6. The number of carbonyl (C=O) groups is 2. The van der Waals surface area contributed by atoms with Crippen LogP contribution in [0.4, 0.5) is 5.69 Å². The van der Waals surface area contributed by atoms with Crippen LogP contribution in [0.2, 0.25) is 10.0 Å². The van der Waals surface area contributed by atoms with Gasteiger partial charge in [-0.25, -0.2) is 0 Å². The standard InChI is InChI=1S/C20H18Cl2N2O3/c21-17-4-1-5-18(22)16(17)10-23-12-6-7-14-15(9-12)20(26)24(19(14)25)11-13-3-2-8-27-13/h1,4-7,9,13,23H,2-3,8,10-11H2. The van der Waals surface area contributed by atoms with Gasteiger partial charge in [0.25, 0.3) is 11.8 Å². The molecule has 1 fully saturated rings. The summed E-state index contributed by atoms with van der Waals surface area (Å²) in [6.45, 7) is 1.41. The number of hydrogen-bond donors (Lipinski definition) is 1. The van der Waals surface area contributed by atoms with E-state index in [2.05, 4.69) is 5.32 Å². The smallest absolute Gasteiger partial charge is 0.261 e. The van der Waals surface area contributed by atoms with E-state index in [1.165, 1.54) is 4.90 Å². The van der Waals surface area contributed by atoms with Crippen LogP contribution in [0.3, 0.4) is 0 Å². The Morgan fingerprint density at radius 1 is 1.07 bits per heavy atom. The molecule has 1 N–H and O–H groups in total. The van der Waals surface area contributed by atoms with Gasteiger partial charge in [-0.1, -0.05) is 29.3 Å². The van der Waals surface area contributed by atoms with Gasteiger partial charge in [-0.2, -0.15) is 0 Å². The number of nitrogens with zero attached hydrogens (tertiary/aromatic N) is 1. The van der Waals surface area contributed by atoms with Crippen LogP contribution in [0.15, 0.2) is 36.4 Å². The lowest BCUT2D eigenvalue weighted by atomic mass is 10.1. The number of halogens is 2. The van der Waals surface area contributed by atoms with Crippen LogP contribution in [0, 0.1) is 0 Å². The topological polar surface area (TPSA) is 58.6 Å². The molecule has 2 amide bonds. The molecule has 27 heavy (non-hydrogen) atoms. The Labute approximate surface area is 167 Å². The fourth-order valence-corrected chi connectivity index (χ4v) is 3.98. The van der Waals surface area contributed by atoms with Crippen molar-refractivity contribution in [3.8, 4) is 0 Å². The lowest BCUT2D eigenvalue weighted by Crippen LogP contribution is -2.36. The number of fused-ring (bicyclic) bond motifs is 1. The van der Waals surface area contributed by atoms with Crippen molar-refractivity contribution in [2.24, 2.45) is 0 Å². The Balaban J connectivity index is 1.50. The largest absolute Gasteiger partial charge is 0.381 e. The third kappa shape index (κ3) is 3.55. The number of hydrogen-bond acceptors (Lipinski definition) is 4. The summed E-state index contributed by atoms with van der Waals surface area (Å²) in [7, 11) is 0. The minimum absolute atomic E-state index is 0.0628. The molecule has 4 rings (SSSR count). The summed E-state index contributed by atoms with van der Waals surface area (Å²) in [5.74, 6) is -0.531. The highest BCUT2D eigenvalue weighted by Gasteiger charge is 2.37. The van der Waals surface area contributed by atoms with Crippen LogP contribution >= 0.6 is 23.2 Å². The Morgan fingerprint density at radius 3 is 2.52 bits per heavy atom. The van der Waals surface area contributed by atoms with E-state index in [-0.39, 0.29) is 17.9 Å². The van der Waals surface area contributed by atoms with Crippen molar-refractivity contribution in [3.05, 3.63) is 63.1 Å². The number of nitrogens with one attached hydrogen (secondary N) is 1. The molecule has 1 atom stereocenters. The highest BCUT2D eigenvalue weighted by atomic mass is 35.5. The van der Waals surface area contributed by atoms with Gasteiger partial charge in [0.05, 0.1) is 23.8 Å². The maximum atomic E-state index is 12.7. The summed E-state index contributed by atoms with van der Waals surface area (Å²) >= 11 is 12.4. The lowest BCUT2D eigenvalue weighted by Gasteiger charge is -2.17. The van der Waals surface area contributed by atoms with Crippen molar-refractivity contribution in [1.29, 1.82) is 0 Å². The second kappa shape index (κ2) is 7.50. The van der Waals surface area contributed by atoms with Crippen molar-refractivity contribution in [2.45, 2.75) is 25.5 Å². The molecule has 5 nitrogen and oxygen atoms in total. The molecule has 2 aromatic rings. The van der Waals surface area contributed by atoms with E-state index in [9.17, 15) is 9.59 Å². The summed E-state index contributed by atoms with van der Waals surface area (Å²) in [5.41, 5.74) is 2.35. The molecule has 0 saturated carbocycles. The highest BCUT2D eigenvalue weighted by Crippen LogP contribution is 2.29. The lowest BCUT2D eigenvalue weighted by molar-refractivity contribution is 0.0475. The highest BCUT2D eigenvalue weighted by molar-refractivity contribution is 6.36. The monoisotopic (exact) mass is 404 g/mol. The van der Waals surface area contributed by atoms with Crippen LogP contribution in [0.25, 0.3) is 0 Å². The number of imide groups is 1. The predicted octanol–water partition coefficient (Wildman–Crippen LogP) is 4.38. The zero-order chi connectivity index (χ0) is 19.0. The Bertz CT molecular complexity index is 890. The summed E-state index contributed by atoms with van der Waals surface area (Å²) < 4.78 is 5.56. The number of carbonyl (C=O) groups excluding carboxylic acids is 2. The van der Waals surface area contributed by atoms with Crippen LogP contribution in [-0.2, 0) is 11.3 Å². The van der Waals surface area contributed by atoms with E-state index in [0.717, 1.165) is 24.1 Å². The first-order valence-corrected chi connectivity index (χ1v) is 9.59. The van der Waals surface area contributed by atoms with Crippen LogP contribution < -0.4 is 5.32 Å². The first-order chi connectivity index (χ1) is 13.0. The van der Waals surface area contributed by atoms with Crippen molar-refractivity contribution >= 4 is 40.7 Å². The average Bonchev–Trinajstić information content (AvgIpc) is 3.25. The van der Waals surface area contributed by atoms with Gasteiger partial charge < -0.3 is 10.1 Å². The molecular weight excluding hydrogens is 387 g/mol. The third-order valence-electron chi connectivity index (χ3n) is 4.91. The molecule has 140 valence electrons. The molecule has 7 heteroatoms. The molecule has 2 heterocycles. The summed E-state index contributed by atoms with van der Waals surface area (Å²) in [6, 6.07) is 10.5. The summed E-state index contributed by atoms with van der Waals surface area (Å²) in [5, 5.41) is 4.37. The van der Waals surface area contributed by atoms with E-state index < -0.39 is 0 Å². The fourth-order valence-electron chi connectivity index (χ4n) is 3.45. The first-order valence-electron chi connectivity index (χ1n) is 8.83. The third-order valence-corrected chi connectivity index (χ3v) is 5.62. The van der Waals surface area contributed by atoms with E-state index >= 15 is 0 Å².